The molecule has 0 spiro atoms. The average molecular weight is 316 g/mol. The van der Waals surface area contributed by atoms with Crippen molar-refractivity contribution in [3.05, 3.63) is 78.9 Å². The first-order valence-corrected chi connectivity index (χ1v) is 7.73. The van der Waals surface area contributed by atoms with Crippen LogP contribution in [0.15, 0.2) is 83.3 Å². The van der Waals surface area contributed by atoms with Crippen molar-refractivity contribution in [2.75, 3.05) is 7.11 Å². The van der Waals surface area contributed by atoms with Gasteiger partial charge in [0, 0.05) is 10.9 Å². The summed E-state index contributed by atoms with van der Waals surface area (Å²) in [5.74, 6) is 3.09. The topological polar surface area (TPSA) is 31.6 Å². The van der Waals surface area contributed by atoms with Gasteiger partial charge in [-0.05, 0) is 36.4 Å². The van der Waals surface area contributed by atoms with Crippen LogP contribution in [0.4, 0.5) is 0 Å². The molecule has 0 aliphatic carbocycles. The maximum Gasteiger partial charge on any atom is 0.176 e. The molecule has 24 heavy (non-hydrogen) atoms. The van der Waals surface area contributed by atoms with E-state index in [-0.39, 0.29) is 0 Å². The fourth-order valence-electron chi connectivity index (χ4n) is 2.68. The van der Waals surface area contributed by atoms with Gasteiger partial charge in [-0.3, -0.25) is 0 Å². The van der Waals surface area contributed by atoms with Crippen molar-refractivity contribution in [3.63, 3.8) is 0 Å². The quantitative estimate of drug-likeness (QED) is 0.469. The summed E-state index contributed by atoms with van der Waals surface area (Å²) in [4.78, 5) is 0. The van der Waals surface area contributed by atoms with Crippen LogP contribution in [0.5, 0.6) is 17.2 Å². The Morgan fingerprint density at radius 3 is 2.38 bits per heavy atom. The van der Waals surface area contributed by atoms with Gasteiger partial charge in [-0.1, -0.05) is 42.5 Å². The molecule has 118 valence electrons. The van der Waals surface area contributed by atoms with Crippen LogP contribution in [0.25, 0.3) is 22.3 Å². The van der Waals surface area contributed by atoms with E-state index in [0.717, 1.165) is 39.5 Å². The number of fused-ring (bicyclic) bond motifs is 1. The number of ether oxygens (including phenoxy) is 2. The zero-order valence-electron chi connectivity index (χ0n) is 13.2. The Morgan fingerprint density at radius 2 is 1.54 bits per heavy atom. The lowest BCUT2D eigenvalue weighted by Gasteiger charge is -2.06. The molecular weight excluding hydrogens is 300 g/mol. The summed E-state index contributed by atoms with van der Waals surface area (Å²) in [5.41, 5.74) is 1.71. The van der Waals surface area contributed by atoms with Gasteiger partial charge in [0.25, 0.3) is 0 Å². The molecule has 0 radical (unpaired) electrons. The second-order valence-electron chi connectivity index (χ2n) is 5.43. The van der Waals surface area contributed by atoms with Crippen molar-refractivity contribution in [1.82, 2.24) is 0 Å². The van der Waals surface area contributed by atoms with E-state index < -0.39 is 0 Å². The molecule has 0 N–H and O–H groups in total. The summed E-state index contributed by atoms with van der Waals surface area (Å²) < 4.78 is 17.3. The number of rotatable bonds is 4. The van der Waals surface area contributed by atoms with Gasteiger partial charge in [-0.2, -0.15) is 0 Å². The van der Waals surface area contributed by atoms with Gasteiger partial charge in [0.15, 0.2) is 11.3 Å². The Morgan fingerprint density at radius 1 is 0.750 bits per heavy atom. The molecular formula is C21H16O3. The van der Waals surface area contributed by atoms with E-state index in [1.54, 1.807) is 7.11 Å². The van der Waals surface area contributed by atoms with E-state index in [1.165, 1.54) is 0 Å². The molecule has 0 bridgehead atoms. The predicted octanol–water partition coefficient (Wildman–Crippen LogP) is 5.90. The molecule has 1 heterocycles. The highest BCUT2D eigenvalue weighted by Crippen LogP contribution is 2.34. The van der Waals surface area contributed by atoms with Crippen LogP contribution in [0.2, 0.25) is 0 Å². The van der Waals surface area contributed by atoms with Crippen LogP contribution in [0.1, 0.15) is 0 Å². The standard InChI is InChI=1S/C21H16O3/c1-22-19-12-6-8-16-14-20(24-21(16)19)15-7-5-11-18(13-15)23-17-9-3-2-4-10-17/h2-14H,1H3. The Balaban J connectivity index is 1.71. The fraction of sp³-hybridized carbons (Fsp3) is 0.0476. The summed E-state index contributed by atoms with van der Waals surface area (Å²) in [5, 5.41) is 1.01. The first-order chi connectivity index (χ1) is 11.8. The van der Waals surface area contributed by atoms with E-state index >= 15 is 0 Å². The van der Waals surface area contributed by atoms with Gasteiger partial charge in [0.2, 0.25) is 0 Å². The van der Waals surface area contributed by atoms with Gasteiger partial charge in [-0.15, -0.1) is 0 Å². The highest BCUT2D eigenvalue weighted by atomic mass is 16.5. The molecule has 0 unspecified atom stereocenters. The maximum absolute atomic E-state index is 6.00. The van der Waals surface area contributed by atoms with Crippen LogP contribution in [-0.4, -0.2) is 7.11 Å². The number of hydrogen-bond donors (Lipinski definition) is 0. The van der Waals surface area contributed by atoms with E-state index in [9.17, 15) is 0 Å². The monoisotopic (exact) mass is 316 g/mol. The largest absolute Gasteiger partial charge is 0.493 e. The molecule has 4 aromatic rings. The molecule has 3 aromatic carbocycles. The van der Waals surface area contributed by atoms with Crippen LogP contribution in [0, 0.1) is 0 Å². The molecule has 0 atom stereocenters. The molecule has 0 fully saturated rings. The van der Waals surface area contributed by atoms with Crippen LogP contribution < -0.4 is 9.47 Å². The second-order valence-corrected chi connectivity index (χ2v) is 5.43. The minimum Gasteiger partial charge on any atom is -0.493 e. The van der Waals surface area contributed by atoms with Gasteiger partial charge in [0.05, 0.1) is 7.11 Å². The van der Waals surface area contributed by atoms with Crippen molar-refractivity contribution >= 4 is 11.0 Å². The van der Waals surface area contributed by atoms with E-state index in [4.69, 9.17) is 13.9 Å². The highest BCUT2D eigenvalue weighted by Gasteiger charge is 2.11. The first-order valence-electron chi connectivity index (χ1n) is 7.73. The highest BCUT2D eigenvalue weighted by molar-refractivity contribution is 5.87. The van der Waals surface area contributed by atoms with Gasteiger partial charge in [-0.25, -0.2) is 0 Å². The van der Waals surface area contributed by atoms with Crippen molar-refractivity contribution in [2.24, 2.45) is 0 Å². The number of para-hydroxylation sites is 2. The molecule has 0 saturated heterocycles. The van der Waals surface area contributed by atoms with Crippen molar-refractivity contribution < 1.29 is 13.9 Å². The molecule has 0 amide bonds. The van der Waals surface area contributed by atoms with Gasteiger partial charge in [0.1, 0.15) is 17.3 Å². The Kier molecular flexibility index (Phi) is 3.67. The number of hydrogen-bond acceptors (Lipinski definition) is 3. The average Bonchev–Trinajstić information content (AvgIpc) is 3.07. The zero-order valence-corrected chi connectivity index (χ0v) is 13.2. The van der Waals surface area contributed by atoms with E-state index in [2.05, 4.69) is 0 Å². The zero-order chi connectivity index (χ0) is 16.4. The van der Waals surface area contributed by atoms with Crippen molar-refractivity contribution in [1.29, 1.82) is 0 Å². The number of furan rings is 1. The Bertz CT molecular complexity index is 971. The van der Waals surface area contributed by atoms with E-state index in [0.29, 0.717) is 0 Å². The predicted molar refractivity (Wildman–Crippen MR) is 94.7 cm³/mol. The van der Waals surface area contributed by atoms with Gasteiger partial charge >= 0.3 is 0 Å². The summed E-state index contributed by atoms with van der Waals surface area (Å²) in [6.45, 7) is 0. The Hall–Kier alpha value is -3.20. The lowest BCUT2D eigenvalue weighted by molar-refractivity contribution is 0.411. The summed E-state index contributed by atoms with van der Waals surface area (Å²) in [6, 6.07) is 25.4. The van der Waals surface area contributed by atoms with Crippen molar-refractivity contribution in [3.8, 4) is 28.6 Å². The minimum atomic E-state index is 0.732. The normalized spacial score (nSPS) is 10.7. The molecule has 0 aliphatic heterocycles. The third-order valence-corrected chi connectivity index (χ3v) is 3.83. The molecule has 3 nitrogen and oxygen atoms in total. The SMILES string of the molecule is COc1cccc2cc(-c3cccc(Oc4ccccc4)c3)oc12. The summed E-state index contributed by atoms with van der Waals surface area (Å²) in [6.07, 6.45) is 0. The molecule has 0 aliphatic rings. The van der Waals surface area contributed by atoms with Crippen molar-refractivity contribution in [2.45, 2.75) is 0 Å². The Labute approximate surface area is 140 Å². The number of benzene rings is 3. The second kappa shape index (κ2) is 6.13. The molecule has 1 aromatic heterocycles. The van der Waals surface area contributed by atoms with E-state index in [1.807, 2.05) is 78.9 Å². The summed E-state index contributed by atoms with van der Waals surface area (Å²) >= 11 is 0. The fourth-order valence-corrected chi connectivity index (χ4v) is 2.68. The first kappa shape index (κ1) is 14.4. The maximum atomic E-state index is 6.00. The lowest BCUT2D eigenvalue weighted by atomic mass is 10.1. The molecule has 4 rings (SSSR count). The smallest absolute Gasteiger partial charge is 0.176 e. The molecule has 3 heteroatoms. The number of methoxy groups -OCH3 is 1. The lowest BCUT2D eigenvalue weighted by Crippen LogP contribution is -1.84. The van der Waals surface area contributed by atoms with Crippen LogP contribution in [-0.2, 0) is 0 Å². The van der Waals surface area contributed by atoms with Crippen LogP contribution >= 0.6 is 0 Å². The third kappa shape index (κ3) is 2.72. The third-order valence-electron chi connectivity index (χ3n) is 3.83. The summed E-state index contributed by atoms with van der Waals surface area (Å²) in [7, 11) is 1.64. The van der Waals surface area contributed by atoms with Crippen LogP contribution in [0.3, 0.4) is 0 Å². The minimum absolute atomic E-state index is 0.732. The van der Waals surface area contributed by atoms with Gasteiger partial charge < -0.3 is 13.9 Å². The molecule has 0 saturated carbocycles.